The smallest absolute Gasteiger partial charge is 0.189 e. The van der Waals surface area contributed by atoms with E-state index in [4.69, 9.17) is 5.11 Å². The van der Waals surface area contributed by atoms with Crippen molar-refractivity contribution in [3.05, 3.63) is 24.4 Å². The first-order chi connectivity index (χ1) is 6.65. The van der Waals surface area contributed by atoms with E-state index in [-0.39, 0.29) is 5.78 Å². The van der Waals surface area contributed by atoms with Gasteiger partial charge >= 0.3 is 0 Å². The van der Waals surface area contributed by atoms with E-state index >= 15 is 0 Å². The van der Waals surface area contributed by atoms with Crippen molar-refractivity contribution in [2.45, 2.75) is 26.7 Å². The number of ketones is 1. The van der Waals surface area contributed by atoms with Gasteiger partial charge in [0.05, 0.1) is 0 Å². The van der Waals surface area contributed by atoms with Crippen molar-refractivity contribution in [1.82, 2.24) is 0 Å². The fourth-order valence-electron chi connectivity index (χ4n) is 0.936. The number of allylic oxidation sites excluding steroid dienone is 1. The van der Waals surface area contributed by atoms with Gasteiger partial charge in [0, 0.05) is 17.5 Å². The van der Waals surface area contributed by atoms with Crippen LogP contribution in [0.5, 0.6) is 0 Å². The van der Waals surface area contributed by atoms with Crippen molar-refractivity contribution >= 4 is 11.5 Å². The van der Waals surface area contributed by atoms with Gasteiger partial charge in [0.1, 0.15) is 6.61 Å². The molecule has 0 aromatic rings. The fraction of sp³-hybridized carbons (Fsp3) is 0.455. The number of carbonyl (C=O) groups excluding carboxylic acids is 1. The minimum absolute atomic E-state index is 0.350. The Bertz CT molecular complexity index is 264. The molecule has 0 saturated heterocycles. The Kier molecular flexibility index (Phi) is 6.58. The van der Waals surface area contributed by atoms with Crippen molar-refractivity contribution in [2.75, 3.05) is 6.61 Å². The summed E-state index contributed by atoms with van der Waals surface area (Å²) in [4.78, 5) is 15.2. The van der Waals surface area contributed by atoms with Crippen LogP contribution in [0.4, 0.5) is 0 Å². The normalized spacial score (nSPS) is 12.8. The van der Waals surface area contributed by atoms with Gasteiger partial charge in [-0.2, -0.15) is 0 Å². The van der Waals surface area contributed by atoms with Crippen LogP contribution in [0.25, 0.3) is 0 Å². The molecule has 0 amide bonds. The molecule has 0 fully saturated rings. The number of aliphatic hydroxyl groups is 1. The molecular formula is C11H17NO2. The summed E-state index contributed by atoms with van der Waals surface area (Å²) in [5, 5.41) is 8.62. The zero-order valence-corrected chi connectivity index (χ0v) is 8.79. The predicted molar refractivity (Wildman–Crippen MR) is 58.4 cm³/mol. The second kappa shape index (κ2) is 7.21. The Morgan fingerprint density at radius 1 is 1.57 bits per heavy atom. The zero-order valence-electron chi connectivity index (χ0n) is 8.79. The standard InChI is InChI=1S/C11H17NO2/c1-4-6-9(3)12-7-10(5-2)11(14)8-13/h5,7,13H,2,4,6,8H2,1,3H3/b10-7+,12-9?. The average molecular weight is 195 g/mol. The lowest BCUT2D eigenvalue weighted by atomic mass is 10.2. The molecule has 0 unspecified atom stereocenters. The van der Waals surface area contributed by atoms with Crippen LogP contribution in [-0.2, 0) is 4.79 Å². The maximum absolute atomic E-state index is 11.1. The summed E-state index contributed by atoms with van der Waals surface area (Å²) >= 11 is 0. The van der Waals surface area contributed by atoms with Gasteiger partial charge in [-0.05, 0) is 13.3 Å². The largest absolute Gasteiger partial charge is 0.388 e. The zero-order chi connectivity index (χ0) is 11.0. The third kappa shape index (κ3) is 4.72. The summed E-state index contributed by atoms with van der Waals surface area (Å²) in [5.74, 6) is -0.354. The third-order valence-corrected chi connectivity index (χ3v) is 1.72. The summed E-state index contributed by atoms with van der Waals surface area (Å²) in [6, 6.07) is 0. The SMILES string of the molecule is C=C/C(=C\N=C(C)CCC)C(=O)CO. The van der Waals surface area contributed by atoms with E-state index in [9.17, 15) is 4.79 Å². The summed E-state index contributed by atoms with van der Waals surface area (Å²) in [5.41, 5.74) is 1.32. The Morgan fingerprint density at radius 3 is 2.64 bits per heavy atom. The van der Waals surface area contributed by atoms with Crippen LogP contribution < -0.4 is 0 Å². The molecule has 78 valence electrons. The van der Waals surface area contributed by atoms with E-state index in [0.29, 0.717) is 5.57 Å². The van der Waals surface area contributed by atoms with Crippen molar-refractivity contribution < 1.29 is 9.90 Å². The highest BCUT2D eigenvalue weighted by Gasteiger charge is 2.02. The molecule has 1 N–H and O–H groups in total. The van der Waals surface area contributed by atoms with E-state index < -0.39 is 6.61 Å². The average Bonchev–Trinajstić information content (AvgIpc) is 2.18. The van der Waals surface area contributed by atoms with Crippen LogP contribution in [-0.4, -0.2) is 23.2 Å². The maximum atomic E-state index is 11.1. The molecule has 0 atom stereocenters. The van der Waals surface area contributed by atoms with Crippen LogP contribution in [0, 0.1) is 0 Å². The number of Topliss-reactive ketones (excluding diaryl/α,β-unsaturated/α-hetero) is 1. The molecule has 0 rings (SSSR count). The number of hydrogen-bond donors (Lipinski definition) is 1. The molecule has 0 spiro atoms. The number of rotatable bonds is 6. The highest BCUT2D eigenvalue weighted by molar-refractivity contribution is 5.98. The molecule has 0 aliphatic heterocycles. The number of nitrogens with zero attached hydrogens (tertiary/aromatic N) is 1. The minimum Gasteiger partial charge on any atom is -0.388 e. The molecule has 3 heteroatoms. The molecule has 0 aromatic heterocycles. The molecule has 0 aromatic carbocycles. The van der Waals surface area contributed by atoms with Gasteiger partial charge in [-0.1, -0.05) is 26.0 Å². The van der Waals surface area contributed by atoms with Crippen molar-refractivity contribution in [3.63, 3.8) is 0 Å². The number of aliphatic hydroxyl groups excluding tert-OH is 1. The van der Waals surface area contributed by atoms with E-state index in [1.54, 1.807) is 0 Å². The van der Waals surface area contributed by atoms with E-state index in [1.807, 2.05) is 6.92 Å². The molecule has 0 aliphatic carbocycles. The Balaban J connectivity index is 4.53. The number of aliphatic imine (C=N–C) groups is 1. The minimum atomic E-state index is -0.500. The molecule has 3 nitrogen and oxygen atoms in total. The van der Waals surface area contributed by atoms with Gasteiger partial charge in [-0.3, -0.25) is 9.79 Å². The third-order valence-electron chi connectivity index (χ3n) is 1.72. The lowest BCUT2D eigenvalue weighted by molar-refractivity contribution is -0.117. The van der Waals surface area contributed by atoms with Crippen molar-refractivity contribution in [3.8, 4) is 0 Å². The van der Waals surface area contributed by atoms with Crippen LogP contribution in [0.15, 0.2) is 29.4 Å². The summed E-state index contributed by atoms with van der Waals surface area (Å²) in [6.07, 6.45) is 4.80. The van der Waals surface area contributed by atoms with Gasteiger partial charge in [-0.25, -0.2) is 0 Å². The van der Waals surface area contributed by atoms with E-state index in [0.717, 1.165) is 18.6 Å². The fourth-order valence-corrected chi connectivity index (χ4v) is 0.936. The summed E-state index contributed by atoms with van der Waals surface area (Å²) < 4.78 is 0. The van der Waals surface area contributed by atoms with E-state index in [1.165, 1.54) is 12.3 Å². The predicted octanol–water partition coefficient (Wildman–Crippen LogP) is 1.88. The Morgan fingerprint density at radius 2 is 2.21 bits per heavy atom. The highest BCUT2D eigenvalue weighted by atomic mass is 16.3. The quantitative estimate of drug-likeness (QED) is 0.399. The lowest BCUT2D eigenvalue weighted by Crippen LogP contribution is -2.05. The first-order valence-corrected chi connectivity index (χ1v) is 4.65. The molecular weight excluding hydrogens is 178 g/mol. The molecule has 14 heavy (non-hydrogen) atoms. The van der Waals surface area contributed by atoms with Gasteiger partial charge in [0.25, 0.3) is 0 Å². The van der Waals surface area contributed by atoms with Gasteiger partial charge in [0.2, 0.25) is 0 Å². The molecule has 0 radical (unpaired) electrons. The van der Waals surface area contributed by atoms with Gasteiger partial charge in [-0.15, -0.1) is 0 Å². The first kappa shape index (κ1) is 12.8. The summed E-state index contributed by atoms with van der Waals surface area (Å²) in [7, 11) is 0. The topological polar surface area (TPSA) is 49.7 Å². The highest BCUT2D eigenvalue weighted by Crippen LogP contribution is 2.00. The van der Waals surface area contributed by atoms with Crippen molar-refractivity contribution in [1.29, 1.82) is 0 Å². The van der Waals surface area contributed by atoms with Crippen LogP contribution in [0.2, 0.25) is 0 Å². The van der Waals surface area contributed by atoms with Crippen LogP contribution >= 0.6 is 0 Å². The lowest BCUT2D eigenvalue weighted by Gasteiger charge is -1.97. The first-order valence-electron chi connectivity index (χ1n) is 4.65. The van der Waals surface area contributed by atoms with Crippen LogP contribution in [0.3, 0.4) is 0 Å². The number of hydrogen-bond acceptors (Lipinski definition) is 3. The van der Waals surface area contributed by atoms with E-state index in [2.05, 4.69) is 18.5 Å². The maximum Gasteiger partial charge on any atom is 0.189 e. The molecule has 0 bridgehead atoms. The van der Waals surface area contributed by atoms with Crippen molar-refractivity contribution in [2.24, 2.45) is 4.99 Å². The Labute approximate surface area is 84.9 Å². The Hall–Kier alpha value is -1.22. The second-order valence-electron chi connectivity index (χ2n) is 2.98. The number of carbonyl (C=O) groups is 1. The van der Waals surface area contributed by atoms with Gasteiger partial charge < -0.3 is 5.11 Å². The summed E-state index contributed by atoms with van der Waals surface area (Å²) in [6.45, 7) is 6.96. The monoisotopic (exact) mass is 195 g/mol. The second-order valence-corrected chi connectivity index (χ2v) is 2.98. The van der Waals surface area contributed by atoms with Gasteiger partial charge in [0.15, 0.2) is 5.78 Å². The molecule has 0 aliphatic rings. The molecule has 0 saturated carbocycles. The molecule has 0 heterocycles. The van der Waals surface area contributed by atoms with Crippen LogP contribution in [0.1, 0.15) is 26.7 Å².